The van der Waals surface area contributed by atoms with E-state index in [0.29, 0.717) is 0 Å². The van der Waals surface area contributed by atoms with E-state index in [-0.39, 0.29) is 11.0 Å². The quantitative estimate of drug-likeness (QED) is 0.755. The number of carbonyl (C=O) groups is 1. The van der Waals surface area contributed by atoms with Crippen LogP contribution >= 0.6 is 12.2 Å². The Kier molecular flexibility index (Phi) is 3.30. The lowest BCUT2D eigenvalue weighted by atomic mass is 10.2. The molecule has 2 N–H and O–H groups in total. The van der Waals surface area contributed by atoms with E-state index in [1.54, 1.807) is 6.20 Å². The molecule has 17 heavy (non-hydrogen) atoms. The Morgan fingerprint density at radius 1 is 1.29 bits per heavy atom. The van der Waals surface area contributed by atoms with Gasteiger partial charge < -0.3 is 10.6 Å². The largest absolute Gasteiger partial charge is 0.331 e. The van der Waals surface area contributed by atoms with Crippen molar-refractivity contribution in [3.8, 4) is 0 Å². The summed E-state index contributed by atoms with van der Waals surface area (Å²) < 4.78 is 0. The number of nitrogens with one attached hydrogen (secondary N) is 2. The first-order chi connectivity index (χ1) is 8.16. The molecule has 0 saturated carbocycles. The van der Waals surface area contributed by atoms with Crippen LogP contribution in [-0.2, 0) is 4.79 Å². The molecule has 1 aromatic carbocycles. The summed E-state index contributed by atoms with van der Waals surface area (Å²) in [6.07, 6.45) is 1.72. The highest BCUT2D eigenvalue weighted by atomic mass is 32.1. The van der Waals surface area contributed by atoms with Crippen molar-refractivity contribution >= 4 is 39.8 Å². The van der Waals surface area contributed by atoms with Gasteiger partial charge in [0.05, 0.1) is 11.2 Å². The topological polar surface area (TPSA) is 54.0 Å². The van der Waals surface area contributed by atoms with Gasteiger partial charge in [0.15, 0.2) is 5.11 Å². The Balaban J connectivity index is 2.30. The standard InChI is InChI=1S/C12H11N3OS/c1-8(16)14-12(17)15-10-6-2-4-9-5-3-7-13-11(9)10/h2-7H,1H3,(H2,14,15,16,17). The summed E-state index contributed by atoms with van der Waals surface area (Å²) in [5.41, 5.74) is 1.60. The van der Waals surface area contributed by atoms with E-state index in [1.807, 2.05) is 30.3 Å². The van der Waals surface area contributed by atoms with Gasteiger partial charge in [0.1, 0.15) is 0 Å². The molecule has 2 aromatic rings. The van der Waals surface area contributed by atoms with Crippen LogP contribution in [0.3, 0.4) is 0 Å². The monoisotopic (exact) mass is 245 g/mol. The zero-order chi connectivity index (χ0) is 12.3. The van der Waals surface area contributed by atoms with E-state index in [2.05, 4.69) is 15.6 Å². The molecule has 0 atom stereocenters. The lowest BCUT2D eigenvalue weighted by molar-refractivity contribution is -0.117. The molecule has 0 radical (unpaired) electrons. The van der Waals surface area contributed by atoms with Crippen molar-refractivity contribution in [2.75, 3.05) is 5.32 Å². The van der Waals surface area contributed by atoms with Gasteiger partial charge in [-0.3, -0.25) is 9.78 Å². The van der Waals surface area contributed by atoms with Crippen LogP contribution in [0, 0.1) is 0 Å². The van der Waals surface area contributed by atoms with Crippen LogP contribution in [-0.4, -0.2) is 16.0 Å². The van der Waals surface area contributed by atoms with Crippen LogP contribution in [0.4, 0.5) is 5.69 Å². The summed E-state index contributed by atoms with van der Waals surface area (Å²) in [6, 6.07) is 9.58. The van der Waals surface area contributed by atoms with Gasteiger partial charge in [-0.1, -0.05) is 18.2 Å². The van der Waals surface area contributed by atoms with Crippen LogP contribution in [0.15, 0.2) is 36.5 Å². The Morgan fingerprint density at radius 3 is 2.82 bits per heavy atom. The number of thiocarbonyl (C=S) groups is 1. The lowest BCUT2D eigenvalue weighted by Crippen LogP contribution is -2.32. The molecule has 0 aliphatic rings. The zero-order valence-corrected chi connectivity index (χ0v) is 10.0. The van der Waals surface area contributed by atoms with Gasteiger partial charge in [-0.15, -0.1) is 0 Å². The molecule has 1 heterocycles. The second-order valence-corrected chi connectivity index (χ2v) is 3.92. The number of para-hydroxylation sites is 1. The lowest BCUT2D eigenvalue weighted by Gasteiger charge is -2.09. The minimum Gasteiger partial charge on any atom is -0.331 e. The van der Waals surface area contributed by atoms with Gasteiger partial charge in [0.25, 0.3) is 0 Å². The minimum atomic E-state index is -0.198. The average Bonchev–Trinajstić information content (AvgIpc) is 2.28. The number of pyridine rings is 1. The third-order valence-corrected chi connectivity index (χ3v) is 2.37. The maximum atomic E-state index is 10.9. The second-order valence-electron chi connectivity index (χ2n) is 3.52. The number of aromatic nitrogens is 1. The fraction of sp³-hybridized carbons (Fsp3) is 0.0833. The molecular weight excluding hydrogens is 234 g/mol. The SMILES string of the molecule is CC(=O)NC(=S)Nc1cccc2cccnc12. The molecule has 4 nitrogen and oxygen atoms in total. The van der Waals surface area contributed by atoms with Crippen LogP contribution < -0.4 is 10.6 Å². The van der Waals surface area contributed by atoms with Crippen molar-refractivity contribution in [2.45, 2.75) is 6.92 Å². The summed E-state index contributed by atoms with van der Waals surface area (Å²) in [5.74, 6) is -0.198. The fourth-order valence-electron chi connectivity index (χ4n) is 1.52. The van der Waals surface area contributed by atoms with Crippen molar-refractivity contribution in [3.63, 3.8) is 0 Å². The van der Waals surface area contributed by atoms with Crippen LogP contribution in [0.25, 0.3) is 10.9 Å². The number of anilines is 1. The van der Waals surface area contributed by atoms with Crippen LogP contribution in [0.1, 0.15) is 6.92 Å². The molecule has 0 saturated heterocycles. The highest BCUT2D eigenvalue weighted by molar-refractivity contribution is 7.80. The van der Waals surface area contributed by atoms with Crippen molar-refractivity contribution in [3.05, 3.63) is 36.5 Å². The molecule has 5 heteroatoms. The first-order valence-electron chi connectivity index (χ1n) is 5.09. The van der Waals surface area contributed by atoms with E-state index < -0.39 is 0 Å². The molecular formula is C12H11N3OS. The number of amides is 1. The number of rotatable bonds is 1. The zero-order valence-electron chi connectivity index (χ0n) is 9.23. The smallest absolute Gasteiger partial charge is 0.222 e. The van der Waals surface area contributed by atoms with Gasteiger partial charge in [-0.2, -0.15) is 0 Å². The van der Waals surface area contributed by atoms with E-state index in [9.17, 15) is 4.79 Å². The van der Waals surface area contributed by atoms with Gasteiger partial charge in [-0.25, -0.2) is 0 Å². The first-order valence-corrected chi connectivity index (χ1v) is 5.50. The van der Waals surface area contributed by atoms with E-state index in [1.165, 1.54) is 6.92 Å². The van der Waals surface area contributed by atoms with Crippen molar-refractivity contribution in [1.82, 2.24) is 10.3 Å². The first kappa shape index (κ1) is 11.5. The predicted molar refractivity (Wildman–Crippen MR) is 71.8 cm³/mol. The summed E-state index contributed by atoms with van der Waals surface area (Å²) in [6.45, 7) is 1.41. The van der Waals surface area contributed by atoms with Gasteiger partial charge in [0, 0.05) is 18.5 Å². The van der Waals surface area contributed by atoms with Crippen molar-refractivity contribution < 1.29 is 4.79 Å². The summed E-state index contributed by atoms with van der Waals surface area (Å²) in [7, 11) is 0. The highest BCUT2D eigenvalue weighted by Crippen LogP contribution is 2.20. The Morgan fingerprint density at radius 2 is 2.06 bits per heavy atom. The van der Waals surface area contributed by atoms with Crippen LogP contribution in [0.5, 0.6) is 0 Å². The van der Waals surface area contributed by atoms with E-state index >= 15 is 0 Å². The predicted octanol–water partition coefficient (Wildman–Crippen LogP) is 2.07. The van der Waals surface area contributed by atoms with E-state index in [4.69, 9.17) is 12.2 Å². The third-order valence-electron chi connectivity index (χ3n) is 2.17. The van der Waals surface area contributed by atoms with Gasteiger partial charge in [-0.05, 0) is 24.4 Å². The number of carbonyl (C=O) groups excluding carboxylic acids is 1. The molecule has 1 aromatic heterocycles. The molecule has 0 unspecified atom stereocenters. The average molecular weight is 245 g/mol. The second kappa shape index (κ2) is 4.88. The van der Waals surface area contributed by atoms with Crippen molar-refractivity contribution in [1.29, 1.82) is 0 Å². The van der Waals surface area contributed by atoms with Crippen molar-refractivity contribution in [2.24, 2.45) is 0 Å². The molecule has 1 amide bonds. The Labute approximate surface area is 104 Å². The molecule has 0 bridgehead atoms. The highest BCUT2D eigenvalue weighted by Gasteiger charge is 2.04. The maximum Gasteiger partial charge on any atom is 0.222 e. The summed E-state index contributed by atoms with van der Waals surface area (Å²) in [4.78, 5) is 15.1. The Hall–Kier alpha value is -2.01. The number of hydrogen-bond acceptors (Lipinski definition) is 3. The van der Waals surface area contributed by atoms with Crippen LogP contribution in [0.2, 0.25) is 0 Å². The third kappa shape index (κ3) is 2.76. The number of fused-ring (bicyclic) bond motifs is 1. The number of hydrogen-bond donors (Lipinski definition) is 2. The maximum absolute atomic E-state index is 10.9. The normalized spacial score (nSPS) is 9.94. The molecule has 2 rings (SSSR count). The van der Waals surface area contributed by atoms with Gasteiger partial charge in [0.2, 0.25) is 5.91 Å². The number of nitrogens with zero attached hydrogens (tertiary/aromatic N) is 1. The van der Waals surface area contributed by atoms with E-state index in [0.717, 1.165) is 16.6 Å². The summed E-state index contributed by atoms with van der Waals surface area (Å²) >= 11 is 5.00. The molecule has 0 fully saturated rings. The number of benzene rings is 1. The molecule has 86 valence electrons. The molecule has 0 aliphatic carbocycles. The Bertz CT molecular complexity index is 577. The molecule has 0 aliphatic heterocycles. The van der Waals surface area contributed by atoms with Gasteiger partial charge >= 0.3 is 0 Å². The summed E-state index contributed by atoms with van der Waals surface area (Å²) in [5, 5.41) is 6.75. The fourth-order valence-corrected chi connectivity index (χ4v) is 1.77. The molecule has 0 spiro atoms. The minimum absolute atomic E-state index is 0.198.